The third kappa shape index (κ3) is 11.3. The number of hydrogen-bond acceptors (Lipinski definition) is 11. The predicted octanol–water partition coefficient (Wildman–Crippen LogP) is 3.78. The number of rotatable bonds is 14. The van der Waals surface area contributed by atoms with Crippen LogP contribution in [0.4, 0.5) is 14.9 Å². The van der Waals surface area contributed by atoms with Crippen LogP contribution in [-0.2, 0) is 20.7 Å². The summed E-state index contributed by atoms with van der Waals surface area (Å²) in [6.45, 7) is 7.35. The Kier molecular flexibility index (Phi) is 13.7. The number of anilines is 1. The van der Waals surface area contributed by atoms with Crippen LogP contribution in [-0.4, -0.2) is 118 Å². The van der Waals surface area contributed by atoms with E-state index in [0.717, 1.165) is 5.56 Å². The third-order valence-corrected chi connectivity index (χ3v) is 9.29. The molecular weight excluding hydrogens is 762 g/mol. The summed E-state index contributed by atoms with van der Waals surface area (Å²) in [6, 6.07) is 16.7. The van der Waals surface area contributed by atoms with Crippen molar-refractivity contribution < 1.29 is 33.0 Å². The molecule has 0 atom stereocenters. The second kappa shape index (κ2) is 19.2. The number of carbonyl (C=O) groups excluding carboxylic acids is 4. The zero-order valence-electron chi connectivity index (χ0n) is 33.0. The first-order valence-electron chi connectivity index (χ1n) is 19.1. The van der Waals surface area contributed by atoms with Gasteiger partial charge in [0.2, 0.25) is 5.91 Å². The van der Waals surface area contributed by atoms with Crippen molar-refractivity contribution >= 4 is 40.3 Å². The molecule has 0 saturated carbocycles. The Bertz CT molecular complexity index is 2360. The molecule has 0 radical (unpaired) electrons. The van der Waals surface area contributed by atoms with Gasteiger partial charge in [0, 0.05) is 80.8 Å². The highest BCUT2D eigenvalue weighted by Crippen LogP contribution is 2.25. The largest absolute Gasteiger partial charge is 0.444 e. The maximum Gasteiger partial charge on any atom is 0.412 e. The van der Waals surface area contributed by atoms with Gasteiger partial charge in [-0.3, -0.25) is 29.5 Å². The first-order chi connectivity index (χ1) is 28.4. The van der Waals surface area contributed by atoms with Gasteiger partial charge >= 0.3 is 6.09 Å². The van der Waals surface area contributed by atoms with Crippen LogP contribution in [0.5, 0.6) is 0 Å². The lowest BCUT2D eigenvalue weighted by Crippen LogP contribution is -2.52. The van der Waals surface area contributed by atoms with Crippen LogP contribution in [0.1, 0.15) is 52.9 Å². The van der Waals surface area contributed by atoms with Crippen LogP contribution in [0.25, 0.3) is 21.9 Å². The van der Waals surface area contributed by atoms with Gasteiger partial charge < -0.3 is 29.9 Å². The Hall–Kier alpha value is -6.59. The fourth-order valence-corrected chi connectivity index (χ4v) is 6.40. The van der Waals surface area contributed by atoms with Crippen LogP contribution in [0.2, 0.25) is 0 Å². The molecule has 16 nitrogen and oxygen atoms in total. The van der Waals surface area contributed by atoms with E-state index in [0.29, 0.717) is 47.2 Å². The molecule has 1 saturated heterocycles. The number of H-pyrrole nitrogens is 1. The molecule has 1 aliphatic rings. The standard InChI is InChI=1S/C42H46FN9O7/c1-42(2,3)59-41(57)48-35-23-29(28-7-6-12-44-24-28)25-47-37(35)39(55)46-14-20-58-19-13-45-26-36(53)51-15-17-52(18-16-51)40(56)32-21-27(10-11-33(32)43)22-34-30-8-4-5-9-31(30)38(54)50-49-34/h4-12,21,23-25,45H,13-20,22,26H2,1-3H3,(H,46,55)(H,48,57)(H,50,54). The Balaban J connectivity index is 0.904. The lowest BCUT2D eigenvalue weighted by Gasteiger charge is -2.35. The highest BCUT2D eigenvalue weighted by molar-refractivity contribution is 6.01. The zero-order chi connectivity index (χ0) is 41.9. The summed E-state index contributed by atoms with van der Waals surface area (Å²) in [5.41, 5.74) is 1.72. The van der Waals surface area contributed by atoms with Gasteiger partial charge in [-0.15, -0.1) is 0 Å². The van der Waals surface area contributed by atoms with Crippen LogP contribution in [0.3, 0.4) is 0 Å². The summed E-state index contributed by atoms with van der Waals surface area (Å²) in [6.07, 6.45) is 4.36. The minimum atomic E-state index is -0.749. The van der Waals surface area contributed by atoms with Crippen LogP contribution < -0.4 is 21.5 Å². The van der Waals surface area contributed by atoms with E-state index < -0.39 is 29.3 Å². The van der Waals surface area contributed by atoms with Gasteiger partial charge in [0.1, 0.15) is 11.4 Å². The van der Waals surface area contributed by atoms with Crippen molar-refractivity contribution in [1.29, 1.82) is 0 Å². The Morgan fingerprint density at radius 1 is 0.881 bits per heavy atom. The number of hydrogen-bond donors (Lipinski definition) is 4. The molecule has 308 valence electrons. The maximum atomic E-state index is 14.9. The van der Waals surface area contributed by atoms with Gasteiger partial charge in [-0.25, -0.2) is 19.3 Å². The van der Waals surface area contributed by atoms with Crippen LogP contribution in [0, 0.1) is 5.82 Å². The van der Waals surface area contributed by atoms with Crippen molar-refractivity contribution in [3.8, 4) is 11.1 Å². The molecule has 0 bridgehead atoms. The van der Waals surface area contributed by atoms with E-state index in [1.165, 1.54) is 23.2 Å². The van der Waals surface area contributed by atoms with E-state index in [2.05, 4.69) is 36.1 Å². The molecule has 3 aromatic heterocycles. The smallest absolute Gasteiger partial charge is 0.412 e. The van der Waals surface area contributed by atoms with Crippen molar-refractivity contribution in [3.63, 3.8) is 0 Å². The Morgan fingerprint density at radius 3 is 2.37 bits per heavy atom. The van der Waals surface area contributed by atoms with Crippen LogP contribution in [0.15, 0.2) is 84.0 Å². The van der Waals surface area contributed by atoms with Gasteiger partial charge in [0.15, 0.2) is 5.69 Å². The van der Waals surface area contributed by atoms with Crippen molar-refractivity contribution in [2.75, 3.05) is 64.3 Å². The molecule has 17 heteroatoms. The number of carbonyl (C=O) groups is 4. The summed E-state index contributed by atoms with van der Waals surface area (Å²) < 4.78 is 25.9. The number of halogens is 1. The van der Waals surface area contributed by atoms with Gasteiger partial charge in [0.25, 0.3) is 17.4 Å². The SMILES string of the molecule is CC(C)(C)OC(=O)Nc1cc(-c2cccnc2)cnc1C(=O)NCCOCCNCC(=O)N1CCN(C(=O)c2cc(Cc3n[nH]c(=O)c4ccccc34)ccc2F)CC1. The normalized spacial score (nSPS) is 12.9. The highest BCUT2D eigenvalue weighted by atomic mass is 19.1. The Morgan fingerprint density at radius 2 is 1.63 bits per heavy atom. The number of benzene rings is 2. The number of aromatic amines is 1. The average molecular weight is 808 g/mol. The molecule has 59 heavy (non-hydrogen) atoms. The molecule has 5 aromatic rings. The summed E-state index contributed by atoms with van der Waals surface area (Å²) in [7, 11) is 0. The quantitative estimate of drug-likeness (QED) is 0.119. The van der Waals surface area contributed by atoms with Crippen molar-refractivity contribution in [3.05, 3.63) is 118 Å². The zero-order valence-corrected chi connectivity index (χ0v) is 33.0. The van der Waals surface area contributed by atoms with Gasteiger partial charge in [-0.1, -0.05) is 30.3 Å². The fourth-order valence-electron chi connectivity index (χ4n) is 6.40. The number of nitrogens with zero attached hydrogens (tertiary/aromatic N) is 5. The second-order valence-electron chi connectivity index (χ2n) is 14.7. The van der Waals surface area contributed by atoms with E-state index in [-0.39, 0.29) is 74.2 Å². The van der Waals surface area contributed by atoms with E-state index in [1.54, 1.807) is 74.5 Å². The summed E-state index contributed by atoms with van der Waals surface area (Å²) in [5, 5.41) is 16.3. The molecule has 2 aromatic carbocycles. The minimum Gasteiger partial charge on any atom is -0.444 e. The number of aromatic nitrogens is 4. The molecule has 1 fully saturated rings. The minimum absolute atomic E-state index is 0.00107. The van der Waals surface area contributed by atoms with E-state index in [9.17, 15) is 28.4 Å². The van der Waals surface area contributed by atoms with Crippen molar-refractivity contribution in [2.45, 2.75) is 32.8 Å². The lowest BCUT2D eigenvalue weighted by molar-refractivity contribution is -0.131. The highest BCUT2D eigenvalue weighted by Gasteiger charge is 2.27. The first-order valence-corrected chi connectivity index (χ1v) is 19.1. The maximum absolute atomic E-state index is 14.9. The van der Waals surface area contributed by atoms with E-state index in [1.807, 2.05) is 12.1 Å². The van der Waals surface area contributed by atoms with E-state index >= 15 is 0 Å². The molecular formula is C42H46FN9O7. The number of amides is 4. The van der Waals surface area contributed by atoms with Gasteiger partial charge in [-0.05, 0) is 56.7 Å². The van der Waals surface area contributed by atoms with Crippen molar-refractivity contribution in [1.82, 2.24) is 40.6 Å². The monoisotopic (exact) mass is 807 g/mol. The number of fused-ring (bicyclic) bond motifs is 1. The number of ether oxygens (including phenoxy) is 2. The lowest BCUT2D eigenvalue weighted by atomic mass is 10.0. The average Bonchev–Trinajstić information content (AvgIpc) is 3.22. The van der Waals surface area contributed by atoms with Gasteiger partial charge in [-0.2, -0.15) is 5.10 Å². The molecule has 0 spiro atoms. The molecule has 0 unspecified atom stereocenters. The molecule has 6 rings (SSSR count). The van der Waals surface area contributed by atoms with Crippen LogP contribution >= 0.6 is 0 Å². The van der Waals surface area contributed by atoms with Gasteiger partial charge in [0.05, 0.1) is 42.1 Å². The summed E-state index contributed by atoms with van der Waals surface area (Å²) in [5.74, 6) is -1.77. The van der Waals surface area contributed by atoms with E-state index in [4.69, 9.17) is 9.47 Å². The Labute approximate surface area is 339 Å². The fraction of sp³-hybridized carbons (Fsp3) is 0.333. The van der Waals surface area contributed by atoms with Crippen molar-refractivity contribution in [2.24, 2.45) is 0 Å². The summed E-state index contributed by atoms with van der Waals surface area (Å²) >= 11 is 0. The number of nitrogens with one attached hydrogen (secondary N) is 4. The first kappa shape index (κ1) is 42.0. The predicted molar refractivity (Wildman–Crippen MR) is 217 cm³/mol. The molecule has 0 aliphatic carbocycles. The molecule has 4 N–H and O–H groups in total. The molecule has 4 heterocycles. The molecule has 4 amide bonds. The molecule has 1 aliphatic heterocycles. The number of piperazine rings is 1. The second-order valence-corrected chi connectivity index (χ2v) is 14.7. The number of pyridine rings is 2. The third-order valence-electron chi connectivity index (χ3n) is 9.29. The summed E-state index contributed by atoms with van der Waals surface area (Å²) in [4.78, 5) is 75.7. The topological polar surface area (TPSA) is 201 Å².